The van der Waals surface area contributed by atoms with Crippen molar-refractivity contribution in [3.63, 3.8) is 0 Å². The standard InChI is InChI=1S/C18H20N4OS4/c1-5-24-17-20-21-18(27-17)26-10-14-9-25-16(19-14)22(13(4)23)15-8-6-7-11(2)12(15)3/h6-9H,5,10H2,1-4H3. The molecule has 142 valence electrons. The van der Waals surface area contributed by atoms with E-state index in [9.17, 15) is 4.79 Å². The van der Waals surface area contributed by atoms with E-state index in [0.717, 1.165) is 36.9 Å². The summed E-state index contributed by atoms with van der Waals surface area (Å²) in [5, 5.41) is 11.1. The SMILES string of the molecule is CCSc1nnc(SCc2csc(N(C(C)=O)c3cccc(C)c3C)n2)s1. The summed E-state index contributed by atoms with van der Waals surface area (Å²) in [4.78, 5) is 18.7. The van der Waals surface area contributed by atoms with Crippen LogP contribution < -0.4 is 4.90 Å². The van der Waals surface area contributed by atoms with Crippen LogP contribution in [0.5, 0.6) is 0 Å². The Morgan fingerprint density at radius 3 is 2.63 bits per heavy atom. The minimum absolute atomic E-state index is 0.0393. The van der Waals surface area contributed by atoms with Crippen molar-refractivity contribution < 1.29 is 4.79 Å². The highest BCUT2D eigenvalue weighted by atomic mass is 32.2. The zero-order valence-corrected chi connectivity index (χ0v) is 18.8. The van der Waals surface area contributed by atoms with Crippen molar-refractivity contribution in [2.75, 3.05) is 10.7 Å². The minimum atomic E-state index is -0.0393. The van der Waals surface area contributed by atoms with Crippen molar-refractivity contribution >= 4 is 62.9 Å². The lowest BCUT2D eigenvalue weighted by Crippen LogP contribution is -2.23. The highest BCUT2D eigenvalue weighted by Crippen LogP contribution is 2.35. The Morgan fingerprint density at radius 1 is 1.19 bits per heavy atom. The Morgan fingerprint density at radius 2 is 1.93 bits per heavy atom. The van der Waals surface area contributed by atoms with Gasteiger partial charge in [-0.25, -0.2) is 4.98 Å². The second kappa shape index (κ2) is 9.18. The molecular formula is C18H20N4OS4. The van der Waals surface area contributed by atoms with Crippen LogP contribution in [0.1, 0.15) is 30.7 Å². The number of aryl methyl sites for hydroxylation is 1. The van der Waals surface area contributed by atoms with Crippen LogP contribution in [-0.4, -0.2) is 26.8 Å². The second-order valence-electron chi connectivity index (χ2n) is 5.75. The lowest BCUT2D eigenvalue weighted by atomic mass is 10.1. The van der Waals surface area contributed by atoms with Gasteiger partial charge in [-0.15, -0.1) is 21.5 Å². The molecule has 0 aliphatic rings. The Bertz CT molecular complexity index is 937. The van der Waals surface area contributed by atoms with Gasteiger partial charge >= 0.3 is 0 Å². The summed E-state index contributed by atoms with van der Waals surface area (Å²) in [6, 6.07) is 5.99. The molecule has 0 aliphatic carbocycles. The first-order chi connectivity index (χ1) is 13.0. The molecule has 0 radical (unpaired) electrons. The van der Waals surface area contributed by atoms with Crippen LogP contribution in [0.4, 0.5) is 10.8 Å². The fraction of sp³-hybridized carbons (Fsp3) is 0.333. The van der Waals surface area contributed by atoms with Crippen molar-refractivity contribution in [2.45, 2.75) is 42.1 Å². The van der Waals surface area contributed by atoms with Crippen LogP contribution >= 0.6 is 46.2 Å². The summed E-state index contributed by atoms with van der Waals surface area (Å²) in [5.41, 5.74) is 4.08. The molecule has 0 N–H and O–H groups in total. The maximum atomic E-state index is 12.3. The summed E-state index contributed by atoms with van der Waals surface area (Å²) >= 11 is 6.43. The van der Waals surface area contributed by atoms with Gasteiger partial charge in [-0.05, 0) is 36.8 Å². The van der Waals surface area contributed by atoms with E-state index in [2.05, 4.69) is 17.1 Å². The molecule has 27 heavy (non-hydrogen) atoms. The first kappa shape index (κ1) is 20.3. The lowest BCUT2D eigenvalue weighted by molar-refractivity contribution is -0.115. The van der Waals surface area contributed by atoms with Crippen LogP contribution in [-0.2, 0) is 10.5 Å². The Balaban J connectivity index is 1.76. The molecule has 0 spiro atoms. The molecule has 1 amide bonds. The lowest BCUT2D eigenvalue weighted by Gasteiger charge is -2.21. The highest BCUT2D eigenvalue weighted by molar-refractivity contribution is 8.02. The molecular weight excluding hydrogens is 416 g/mol. The Hall–Kier alpha value is -1.42. The molecule has 9 heteroatoms. The van der Waals surface area contributed by atoms with E-state index in [1.165, 1.54) is 11.3 Å². The van der Waals surface area contributed by atoms with E-state index in [1.807, 2.05) is 37.4 Å². The van der Waals surface area contributed by atoms with E-state index in [4.69, 9.17) is 4.98 Å². The van der Waals surface area contributed by atoms with Gasteiger partial charge in [-0.2, -0.15) is 0 Å². The van der Waals surface area contributed by atoms with Crippen molar-refractivity contribution in [1.29, 1.82) is 0 Å². The first-order valence-corrected chi connectivity index (χ1v) is 12.1. The molecule has 0 unspecified atom stereocenters. The number of nitrogens with zero attached hydrogens (tertiary/aromatic N) is 4. The fourth-order valence-corrected chi connectivity index (χ4v) is 6.22. The molecule has 0 saturated heterocycles. The number of hydrogen-bond acceptors (Lipinski definition) is 8. The number of anilines is 2. The molecule has 3 aromatic rings. The predicted molar refractivity (Wildman–Crippen MR) is 117 cm³/mol. The average Bonchev–Trinajstić information content (AvgIpc) is 3.27. The molecule has 5 nitrogen and oxygen atoms in total. The van der Waals surface area contributed by atoms with Gasteiger partial charge in [0.2, 0.25) is 5.91 Å². The largest absolute Gasteiger partial charge is 0.274 e. The number of benzene rings is 1. The number of thiazole rings is 1. The van der Waals surface area contributed by atoms with Gasteiger partial charge in [0.1, 0.15) is 0 Å². The van der Waals surface area contributed by atoms with Crippen molar-refractivity contribution in [1.82, 2.24) is 15.2 Å². The van der Waals surface area contributed by atoms with E-state index in [-0.39, 0.29) is 5.91 Å². The molecule has 0 saturated carbocycles. The summed E-state index contributed by atoms with van der Waals surface area (Å²) < 4.78 is 1.94. The quantitative estimate of drug-likeness (QED) is 0.443. The predicted octanol–water partition coefficient (Wildman–Crippen LogP) is 5.70. The zero-order valence-electron chi connectivity index (χ0n) is 15.6. The van der Waals surface area contributed by atoms with Gasteiger partial charge < -0.3 is 0 Å². The maximum Gasteiger partial charge on any atom is 0.230 e. The van der Waals surface area contributed by atoms with Gasteiger partial charge in [0.25, 0.3) is 0 Å². The van der Waals surface area contributed by atoms with E-state index < -0.39 is 0 Å². The van der Waals surface area contributed by atoms with Crippen molar-refractivity contribution in [3.05, 3.63) is 40.4 Å². The van der Waals surface area contributed by atoms with Crippen molar-refractivity contribution in [2.24, 2.45) is 0 Å². The number of hydrogen-bond donors (Lipinski definition) is 0. The minimum Gasteiger partial charge on any atom is -0.274 e. The third-order valence-electron chi connectivity index (χ3n) is 3.86. The maximum absolute atomic E-state index is 12.3. The van der Waals surface area contributed by atoms with Gasteiger partial charge in [-0.1, -0.05) is 53.9 Å². The molecule has 3 rings (SSSR count). The third kappa shape index (κ3) is 4.90. The molecule has 0 aliphatic heterocycles. The average molecular weight is 437 g/mol. The summed E-state index contributed by atoms with van der Waals surface area (Å²) in [7, 11) is 0. The third-order valence-corrected chi connectivity index (χ3v) is 7.84. The smallest absolute Gasteiger partial charge is 0.230 e. The number of amides is 1. The molecule has 1 aromatic carbocycles. The summed E-state index contributed by atoms with van der Waals surface area (Å²) in [6.45, 7) is 7.76. The van der Waals surface area contributed by atoms with Crippen LogP contribution in [0, 0.1) is 13.8 Å². The summed E-state index contributed by atoms with van der Waals surface area (Å²) in [6.07, 6.45) is 0. The molecule has 0 fully saturated rings. The zero-order chi connectivity index (χ0) is 19.4. The topological polar surface area (TPSA) is 59.0 Å². The number of aromatic nitrogens is 3. The van der Waals surface area contributed by atoms with Gasteiger partial charge in [-0.3, -0.25) is 9.69 Å². The highest BCUT2D eigenvalue weighted by Gasteiger charge is 2.20. The van der Waals surface area contributed by atoms with Gasteiger partial charge in [0.15, 0.2) is 13.8 Å². The van der Waals surface area contributed by atoms with Gasteiger partial charge in [0.05, 0.1) is 11.4 Å². The van der Waals surface area contributed by atoms with E-state index in [0.29, 0.717) is 10.9 Å². The van der Waals surface area contributed by atoms with Crippen LogP contribution in [0.3, 0.4) is 0 Å². The van der Waals surface area contributed by atoms with Crippen LogP contribution in [0.15, 0.2) is 32.3 Å². The number of rotatable bonds is 7. The number of thioether (sulfide) groups is 2. The normalized spacial score (nSPS) is 11.0. The van der Waals surface area contributed by atoms with Crippen LogP contribution in [0.2, 0.25) is 0 Å². The van der Waals surface area contributed by atoms with Crippen molar-refractivity contribution in [3.8, 4) is 0 Å². The number of carbonyl (C=O) groups is 1. The van der Waals surface area contributed by atoms with Gasteiger partial charge in [0, 0.05) is 18.1 Å². The molecule has 0 bridgehead atoms. The van der Waals surface area contributed by atoms with Crippen LogP contribution in [0.25, 0.3) is 0 Å². The Labute approximate surface area is 175 Å². The van der Waals surface area contributed by atoms with E-state index in [1.54, 1.807) is 46.7 Å². The monoisotopic (exact) mass is 436 g/mol. The number of carbonyl (C=O) groups excluding carboxylic acids is 1. The second-order valence-corrected chi connectivity index (χ2v) is 10.3. The Kier molecular flexibility index (Phi) is 6.91. The molecule has 0 atom stereocenters. The first-order valence-electron chi connectivity index (χ1n) is 8.40. The summed E-state index contributed by atoms with van der Waals surface area (Å²) in [5.74, 6) is 1.66. The molecule has 2 heterocycles. The van der Waals surface area contributed by atoms with E-state index >= 15 is 0 Å². The fourth-order valence-electron chi connectivity index (χ4n) is 2.42. The molecule has 2 aromatic heterocycles.